The molecule has 1 amide bonds. The van der Waals surface area contributed by atoms with Crippen LogP contribution in [0.2, 0.25) is 0 Å². The molecule has 0 bridgehead atoms. The third-order valence-electron chi connectivity index (χ3n) is 6.14. The number of nitrogens with one attached hydrogen (secondary N) is 2. The van der Waals surface area contributed by atoms with E-state index in [2.05, 4.69) is 21.0 Å². The van der Waals surface area contributed by atoms with Crippen molar-refractivity contribution in [1.82, 2.24) is 9.62 Å². The third-order valence-corrected chi connectivity index (χ3v) is 8.60. The molecular weight excluding hydrogens is 442 g/mol. The highest BCUT2D eigenvalue weighted by atomic mass is 32.2. The summed E-state index contributed by atoms with van der Waals surface area (Å²) in [5.41, 5.74) is 3.23. The molecule has 0 radical (unpaired) electrons. The van der Waals surface area contributed by atoms with Crippen molar-refractivity contribution in [1.29, 1.82) is 0 Å². The molecule has 8 heteroatoms. The van der Waals surface area contributed by atoms with Gasteiger partial charge in [-0.25, -0.2) is 13.1 Å². The van der Waals surface area contributed by atoms with Crippen LogP contribution in [0.4, 0.5) is 5.69 Å². The zero-order valence-electron chi connectivity index (χ0n) is 18.5. The topological polar surface area (TPSA) is 78.5 Å². The number of anilines is 1. The van der Waals surface area contributed by atoms with Gasteiger partial charge >= 0.3 is 0 Å². The first-order valence-electron chi connectivity index (χ1n) is 11.2. The number of nitrogens with zero attached hydrogens (tertiary/aromatic N) is 1. The maximum Gasteiger partial charge on any atom is 0.255 e. The fraction of sp³-hybridized carbons (Fsp3) is 0.458. The van der Waals surface area contributed by atoms with Gasteiger partial charge in [0.2, 0.25) is 10.0 Å². The highest BCUT2D eigenvalue weighted by molar-refractivity contribution is 7.99. The van der Waals surface area contributed by atoms with Crippen LogP contribution in [0.25, 0.3) is 0 Å². The van der Waals surface area contributed by atoms with E-state index in [9.17, 15) is 13.2 Å². The number of aryl methyl sites for hydroxylation is 1. The van der Waals surface area contributed by atoms with E-state index in [0.29, 0.717) is 5.56 Å². The summed E-state index contributed by atoms with van der Waals surface area (Å²) in [5.74, 6) is 2.01. The van der Waals surface area contributed by atoms with Crippen molar-refractivity contribution in [3.8, 4) is 0 Å². The Hall–Kier alpha value is -1.87. The summed E-state index contributed by atoms with van der Waals surface area (Å²) in [4.78, 5) is 15.5. The number of rotatable bonds is 7. The Morgan fingerprint density at radius 2 is 1.84 bits per heavy atom. The molecule has 2 fully saturated rings. The molecule has 2 N–H and O–H groups in total. The number of benzene rings is 2. The maximum absolute atomic E-state index is 13.0. The van der Waals surface area contributed by atoms with Crippen LogP contribution in [0, 0.1) is 6.92 Å². The van der Waals surface area contributed by atoms with Crippen molar-refractivity contribution in [3.63, 3.8) is 0 Å². The molecule has 1 aliphatic heterocycles. The number of thioether (sulfide) groups is 1. The molecule has 1 saturated carbocycles. The number of hydrogen-bond acceptors (Lipinski definition) is 5. The minimum absolute atomic E-state index is 0.0126. The van der Waals surface area contributed by atoms with Crippen LogP contribution in [0.5, 0.6) is 0 Å². The number of carbonyl (C=O) groups excluding carboxylic acids is 1. The normalized spacial score (nSPS) is 18.0. The van der Waals surface area contributed by atoms with Gasteiger partial charge in [-0.3, -0.25) is 9.69 Å². The van der Waals surface area contributed by atoms with Crippen molar-refractivity contribution in [2.75, 3.05) is 29.9 Å². The average molecular weight is 474 g/mol. The second-order valence-corrected chi connectivity index (χ2v) is 11.6. The predicted octanol–water partition coefficient (Wildman–Crippen LogP) is 4.02. The van der Waals surface area contributed by atoms with Crippen LogP contribution in [0.3, 0.4) is 0 Å². The van der Waals surface area contributed by atoms with Crippen LogP contribution in [-0.4, -0.2) is 49.9 Å². The van der Waals surface area contributed by atoms with Crippen LogP contribution < -0.4 is 10.0 Å². The van der Waals surface area contributed by atoms with Gasteiger partial charge in [0.25, 0.3) is 5.91 Å². The molecule has 1 heterocycles. The molecule has 0 atom stereocenters. The van der Waals surface area contributed by atoms with Crippen molar-refractivity contribution in [2.24, 2.45) is 0 Å². The van der Waals surface area contributed by atoms with E-state index in [1.54, 1.807) is 12.1 Å². The number of amides is 1. The lowest BCUT2D eigenvalue weighted by Gasteiger charge is -2.26. The average Bonchev–Trinajstić information content (AvgIpc) is 3.29. The summed E-state index contributed by atoms with van der Waals surface area (Å²) in [7, 11) is -3.64. The molecule has 0 spiro atoms. The summed E-state index contributed by atoms with van der Waals surface area (Å²) in [6, 6.07) is 12.4. The standard InChI is InChI=1S/C24H31N3O3S2/c1-18-9-10-19(17-27-11-13-31-14-12-27)15-23(18)25-24(28)20-5-4-8-22(16-20)32(29,30)26-21-6-2-3-7-21/h4-5,8-10,15-16,21,26H,2-3,6-7,11-14,17H2,1H3,(H,25,28). The Morgan fingerprint density at radius 3 is 2.59 bits per heavy atom. The van der Waals surface area contributed by atoms with Gasteiger partial charge < -0.3 is 5.32 Å². The van der Waals surface area contributed by atoms with E-state index < -0.39 is 10.0 Å². The van der Waals surface area contributed by atoms with Crippen molar-refractivity contribution in [2.45, 2.75) is 50.1 Å². The van der Waals surface area contributed by atoms with Gasteiger partial charge in [0.15, 0.2) is 0 Å². The second-order valence-electron chi connectivity index (χ2n) is 8.62. The lowest BCUT2D eigenvalue weighted by Crippen LogP contribution is -2.32. The predicted molar refractivity (Wildman–Crippen MR) is 131 cm³/mol. The summed E-state index contributed by atoms with van der Waals surface area (Å²) >= 11 is 1.99. The smallest absolute Gasteiger partial charge is 0.255 e. The van der Waals surface area contributed by atoms with Gasteiger partial charge in [0.05, 0.1) is 4.90 Å². The van der Waals surface area contributed by atoms with Gasteiger partial charge in [-0.05, 0) is 55.2 Å². The molecule has 2 aromatic carbocycles. The van der Waals surface area contributed by atoms with Crippen molar-refractivity contribution >= 4 is 33.4 Å². The molecule has 1 saturated heterocycles. The van der Waals surface area contributed by atoms with E-state index in [4.69, 9.17) is 0 Å². The Morgan fingerprint density at radius 1 is 1.09 bits per heavy atom. The number of hydrogen-bond donors (Lipinski definition) is 2. The minimum Gasteiger partial charge on any atom is -0.322 e. The lowest BCUT2D eigenvalue weighted by atomic mass is 10.1. The first kappa shape index (κ1) is 23.3. The summed E-state index contributed by atoms with van der Waals surface area (Å²) in [6.07, 6.45) is 3.83. The molecule has 2 aromatic rings. The van der Waals surface area contributed by atoms with Gasteiger partial charge in [-0.2, -0.15) is 11.8 Å². The van der Waals surface area contributed by atoms with E-state index in [1.807, 2.05) is 30.8 Å². The Balaban J connectivity index is 1.46. The quantitative estimate of drug-likeness (QED) is 0.635. The first-order valence-corrected chi connectivity index (χ1v) is 13.9. The zero-order chi connectivity index (χ0) is 22.6. The van der Waals surface area contributed by atoms with Crippen LogP contribution in [0.15, 0.2) is 47.4 Å². The van der Waals surface area contributed by atoms with Crippen molar-refractivity contribution < 1.29 is 13.2 Å². The third kappa shape index (κ3) is 5.92. The molecule has 0 aromatic heterocycles. The second kappa shape index (κ2) is 10.4. The number of sulfonamides is 1. The highest BCUT2D eigenvalue weighted by Crippen LogP contribution is 2.23. The fourth-order valence-corrected chi connectivity index (χ4v) is 6.58. The highest BCUT2D eigenvalue weighted by Gasteiger charge is 2.23. The Kier molecular flexibility index (Phi) is 7.55. The monoisotopic (exact) mass is 473 g/mol. The van der Waals surface area contributed by atoms with Gasteiger partial charge in [0, 0.05) is 48.4 Å². The Labute approximate surface area is 195 Å². The van der Waals surface area contributed by atoms with E-state index in [0.717, 1.165) is 73.6 Å². The summed E-state index contributed by atoms with van der Waals surface area (Å²) < 4.78 is 28.3. The Bertz CT molecular complexity index is 1060. The largest absolute Gasteiger partial charge is 0.322 e. The molecule has 32 heavy (non-hydrogen) atoms. The minimum atomic E-state index is -3.64. The van der Waals surface area contributed by atoms with Gasteiger partial charge in [0.1, 0.15) is 0 Å². The van der Waals surface area contributed by atoms with E-state index >= 15 is 0 Å². The molecule has 1 aliphatic carbocycles. The molecule has 172 valence electrons. The lowest BCUT2D eigenvalue weighted by molar-refractivity contribution is 0.102. The summed E-state index contributed by atoms with van der Waals surface area (Å²) in [5, 5.41) is 2.98. The fourth-order valence-electron chi connectivity index (χ4n) is 4.25. The SMILES string of the molecule is Cc1ccc(CN2CCSCC2)cc1NC(=O)c1cccc(S(=O)(=O)NC2CCCC2)c1. The van der Waals surface area contributed by atoms with Crippen LogP contribution in [0.1, 0.15) is 47.2 Å². The maximum atomic E-state index is 13.0. The van der Waals surface area contributed by atoms with E-state index in [1.165, 1.54) is 12.1 Å². The molecule has 4 rings (SSSR count). The molecular formula is C24H31N3O3S2. The zero-order valence-corrected chi connectivity index (χ0v) is 20.1. The molecule has 2 aliphatic rings. The molecule has 6 nitrogen and oxygen atoms in total. The number of carbonyl (C=O) groups is 1. The van der Waals surface area contributed by atoms with Gasteiger partial charge in [-0.15, -0.1) is 0 Å². The van der Waals surface area contributed by atoms with E-state index in [-0.39, 0.29) is 16.8 Å². The van der Waals surface area contributed by atoms with Crippen LogP contribution >= 0.6 is 11.8 Å². The van der Waals surface area contributed by atoms with Crippen LogP contribution in [-0.2, 0) is 16.6 Å². The summed E-state index contributed by atoms with van der Waals surface area (Å²) in [6.45, 7) is 4.99. The first-order chi connectivity index (χ1) is 15.4. The van der Waals surface area contributed by atoms with Gasteiger partial charge in [-0.1, -0.05) is 31.0 Å². The van der Waals surface area contributed by atoms with Crippen molar-refractivity contribution in [3.05, 3.63) is 59.2 Å². The molecule has 0 unspecified atom stereocenters.